The van der Waals surface area contributed by atoms with Gasteiger partial charge in [0.15, 0.2) is 0 Å². The van der Waals surface area contributed by atoms with Gasteiger partial charge in [0.05, 0.1) is 0 Å². The molecule has 1 aliphatic carbocycles. The first kappa shape index (κ1) is 13.8. The van der Waals surface area contributed by atoms with Crippen LogP contribution in [0.2, 0.25) is 0 Å². The quantitative estimate of drug-likeness (QED) is 0.835. The highest BCUT2D eigenvalue weighted by atomic mass is 32.1. The zero-order valence-electron chi connectivity index (χ0n) is 12.0. The molecular formula is C17H22N2S. The maximum absolute atomic E-state index is 3.68. The van der Waals surface area contributed by atoms with Crippen LogP contribution in [-0.4, -0.2) is 24.5 Å². The Kier molecular flexibility index (Phi) is 4.51. The van der Waals surface area contributed by atoms with E-state index in [-0.39, 0.29) is 0 Å². The maximum Gasteiger partial charge on any atom is 0.0473 e. The molecule has 0 spiro atoms. The van der Waals surface area contributed by atoms with E-state index in [0.29, 0.717) is 6.04 Å². The van der Waals surface area contributed by atoms with Crippen LogP contribution in [0.3, 0.4) is 0 Å². The average Bonchev–Trinajstić information content (AvgIpc) is 3.16. The zero-order valence-corrected chi connectivity index (χ0v) is 12.8. The minimum Gasteiger partial charge on any atom is -0.312 e. The molecule has 2 nitrogen and oxygen atoms in total. The molecule has 3 rings (SSSR count). The highest BCUT2D eigenvalue weighted by Crippen LogP contribution is 2.24. The van der Waals surface area contributed by atoms with E-state index in [1.807, 2.05) is 0 Å². The number of benzene rings is 1. The molecule has 1 aromatic carbocycles. The van der Waals surface area contributed by atoms with E-state index in [9.17, 15) is 0 Å². The number of hydrogen-bond acceptors (Lipinski definition) is 3. The maximum atomic E-state index is 3.68. The molecule has 2 aromatic rings. The Morgan fingerprint density at radius 1 is 1.25 bits per heavy atom. The standard InChI is InChI=1S/C17H22N2S/c1-19(12-14-9-10-20-13-14)17(11-18-16-7-8-16)15-5-3-2-4-6-15/h2-6,9-10,13,16-18H,7-8,11-12H2,1H3. The van der Waals surface area contributed by atoms with Gasteiger partial charge < -0.3 is 5.32 Å². The Bertz CT molecular complexity index is 505. The monoisotopic (exact) mass is 286 g/mol. The van der Waals surface area contributed by atoms with Gasteiger partial charge in [-0.25, -0.2) is 0 Å². The lowest BCUT2D eigenvalue weighted by Gasteiger charge is -2.28. The van der Waals surface area contributed by atoms with Crippen molar-refractivity contribution in [3.8, 4) is 0 Å². The summed E-state index contributed by atoms with van der Waals surface area (Å²) in [4.78, 5) is 2.45. The van der Waals surface area contributed by atoms with Crippen molar-refractivity contribution in [1.82, 2.24) is 10.2 Å². The van der Waals surface area contributed by atoms with Gasteiger partial charge in [-0.2, -0.15) is 11.3 Å². The molecule has 3 heteroatoms. The van der Waals surface area contributed by atoms with Crippen LogP contribution in [0.15, 0.2) is 47.2 Å². The molecule has 1 atom stereocenters. The van der Waals surface area contributed by atoms with Crippen molar-refractivity contribution in [1.29, 1.82) is 0 Å². The van der Waals surface area contributed by atoms with Crippen LogP contribution in [0.1, 0.15) is 30.0 Å². The molecule has 20 heavy (non-hydrogen) atoms. The fraction of sp³-hybridized carbons (Fsp3) is 0.412. The van der Waals surface area contributed by atoms with Gasteiger partial charge in [0, 0.05) is 25.2 Å². The fourth-order valence-corrected chi connectivity index (χ4v) is 3.21. The summed E-state index contributed by atoms with van der Waals surface area (Å²) >= 11 is 1.78. The first-order valence-electron chi connectivity index (χ1n) is 7.32. The second kappa shape index (κ2) is 6.53. The van der Waals surface area contributed by atoms with E-state index < -0.39 is 0 Å². The van der Waals surface area contributed by atoms with Crippen molar-refractivity contribution < 1.29 is 0 Å². The Morgan fingerprint density at radius 2 is 2.05 bits per heavy atom. The smallest absolute Gasteiger partial charge is 0.0473 e. The predicted octanol–water partition coefficient (Wildman–Crippen LogP) is 3.67. The zero-order chi connectivity index (χ0) is 13.8. The predicted molar refractivity (Wildman–Crippen MR) is 86.0 cm³/mol. The van der Waals surface area contributed by atoms with Crippen LogP contribution < -0.4 is 5.32 Å². The van der Waals surface area contributed by atoms with Crippen LogP contribution in [0, 0.1) is 0 Å². The number of likely N-dealkylation sites (N-methyl/N-ethyl adjacent to an activating group) is 1. The normalized spacial score (nSPS) is 16.5. The topological polar surface area (TPSA) is 15.3 Å². The molecule has 1 heterocycles. The SMILES string of the molecule is CN(Cc1ccsc1)C(CNC1CC1)c1ccccc1. The van der Waals surface area contributed by atoms with Crippen LogP contribution in [0.25, 0.3) is 0 Å². The number of rotatable bonds is 7. The van der Waals surface area contributed by atoms with E-state index in [1.165, 1.54) is 24.0 Å². The Labute approximate surface area is 125 Å². The minimum absolute atomic E-state index is 0.441. The third-order valence-electron chi connectivity index (χ3n) is 3.91. The second-order valence-corrected chi connectivity index (χ2v) is 6.44. The summed E-state index contributed by atoms with van der Waals surface area (Å²) in [6.45, 7) is 2.05. The van der Waals surface area contributed by atoms with Gasteiger partial charge in [0.1, 0.15) is 0 Å². The van der Waals surface area contributed by atoms with Crippen molar-refractivity contribution in [2.45, 2.75) is 31.5 Å². The van der Waals surface area contributed by atoms with E-state index >= 15 is 0 Å². The van der Waals surface area contributed by atoms with Gasteiger partial charge in [-0.1, -0.05) is 30.3 Å². The summed E-state index contributed by atoms with van der Waals surface area (Å²) in [5, 5.41) is 8.08. The molecule has 1 saturated carbocycles. The van der Waals surface area contributed by atoms with Crippen LogP contribution in [0.5, 0.6) is 0 Å². The molecular weight excluding hydrogens is 264 g/mol. The Morgan fingerprint density at radius 3 is 2.70 bits per heavy atom. The lowest BCUT2D eigenvalue weighted by atomic mass is 10.1. The second-order valence-electron chi connectivity index (χ2n) is 5.66. The first-order valence-corrected chi connectivity index (χ1v) is 8.27. The third kappa shape index (κ3) is 3.69. The van der Waals surface area contributed by atoms with Gasteiger partial charge in [0.25, 0.3) is 0 Å². The lowest BCUT2D eigenvalue weighted by molar-refractivity contribution is 0.229. The molecule has 0 aliphatic heterocycles. The first-order chi connectivity index (χ1) is 9.83. The van der Waals surface area contributed by atoms with E-state index in [0.717, 1.165) is 19.1 Å². The largest absolute Gasteiger partial charge is 0.312 e. The molecule has 1 fully saturated rings. The summed E-state index contributed by atoms with van der Waals surface area (Å²) < 4.78 is 0. The van der Waals surface area contributed by atoms with Crippen LogP contribution in [-0.2, 0) is 6.54 Å². The van der Waals surface area contributed by atoms with Gasteiger partial charge in [-0.15, -0.1) is 0 Å². The summed E-state index contributed by atoms with van der Waals surface area (Å²) in [7, 11) is 2.23. The minimum atomic E-state index is 0.441. The average molecular weight is 286 g/mol. The summed E-state index contributed by atoms with van der Waals surface area (Å²) in [6.07, 6.45) is 2.69. The highest BCUT2D eigenvalue weighted by molar-refractivity contribution is 7.07. The molecule has 0 amide bonds. The summed E-state index contributed by atoms with van der Waals surface area (Å²) in [5.74, 6) is 0. The molecule has 1 unspecified atom stereocenters. The number of nitrogens with zero attached hydrogens (tertiary/aromatic N) is 1. The van der Waals surface area contributed by atoms with Crippen molar-refractivity contribution in [3.05, 3.63) is 58.3 Å². The van der Waals surface area contributed by atoms with Crippen molar-refractivity contribution in [2.75, 3.05) is 13.6 Å². The summed E-state index contributed by atoms with van der Waals surface area (Å²) in [5.41, 5.74) is 2.81. The molecule has 1 aromatic heterocycles. The Balaban J connectivity index is 1.69. The molecule has 0 radical (unpaired) electrons. The van der Waals surface area contributed by atoms with Crippen molar-refractivity contribution in [2.24, 2.45) is 0 Å². The number of thiophene rings is 1. The molecule has 1 aliphatic rings. The van der Waals surface area contributed by atoms with Crippen molar-refractivity contribution >= 4 is 11.3 Å². The molecule has 106 valence electrons. The lowest BCUT2D eigenvalue weighted by Crippen LogP contribution is -2.34. The molecule has 0 bridgehead atoms. The van der Waals surface area contributed by atoms with E-state index in [4.69, 9.17) is 0 Å². The third-order valence-corrected chi connectivity index (χ3v) is 4.64. The van der Waals surface area contributed by atoms with E-state index in [2.05, 4.69) is 64.4 Å². The van der Waals surface area contributed by atoms with Crippen molar-refractivity contribution in [3.63, 3.8) is 0 Å². The van der Waals surface area contributed by atoms with Gasteiger partial charge in [-0.05, 0) is 47.8 Å². The molecule has 1 N–H and O–H groups in total. The van der Waals surface area contributed by atoms with Crippen LogP contribution >= 0.6 is 11.3 Å². The number of nitrogens with one attached hydrogen (secondary N) is 1. The van der Waals surface area contributed by atoms with Crippen LogP contribution in [0.4, 0.5) is 0 Å². The Hall–Kier alpha value is -1.16. The fourth-order valence-electron chi connectivity index (χ4n) is 2.55. The molecule has 0 saturated heterocycles. The highest BCUT2D eigenvalue weighted by Gasteiger charge is 2.24. The number of hydrogen-bond donors (Lipinski definition) is 1. The van der Waals surface area contributed by atoms with Gasteiger partial charge in [-0.3, -0.25) is 4.90 Å². The van der Waals surface area contributed by atoms with Gasteiger partial charge >= 0.3 is 0 Å². The van der Waals surface area contributed by atoms with Gasteiger partial charge in [0.2, 0.25) is 0 Å². The summed E-state index contributed by atoms with van der Waals surface area (Å²) in [6, 6.07) is 14.3. The van der Waals surface area contributed by atoms with E-state index in [1.54, 1.807) is 11.3 Å².